The zero-order valence-electron chi connectivity index (χ0n) is 12.4. The van der Waals surface area contributed by atoms with Crippen LogP contribution in [0.25, 0.3) is 10.9 Å². The molecule has 8 nitrogen and oxygen atoms in total. The summed E-state index contributed by atoms with van der Waals surface area (Å²) < 4.78 is 1.05. The molecule has 0 unspecified atom stereocenters. The molecule has 1 aliphatic carbocycles. The summed E-state index contributed by atoms with van der Waals surface area (Å²) in [6.07, 6.45) is 3.11. The van der Waals surface area contributed by atoms with Gasteiger partial charge in [0.25, 0.3) is 11.5 Å². The third-order valence-corrected chi connectivity index (χ3v) is 4.61. The number of urea groups is 1. The number of aromatic nitrogens is 3. The summed E-state index contributed by atoms with van der Waals surface area (Å²) in [4.78, 5) is 38.2. The number of amides is 3. The quantitative estimate of drug-likeness (QED) is 0.819. The summed E-state index contributed by atoms with van der Waals surface area (Å²) in [7, 11) is 0. The van der Waals surface area contributed by atoms with Gasteiger partial charge in [-0.05, 0) is 25.0 Å². The third kappa shape index (κ3) is 2.01. The van der Waals surface area contributed by atoms with Gasteiger partial charge in [0, 0.05) is 0 Å². The molecule has 1 saturated heterocycles. The average molecular weight is 313 g/mol. The van der Waals surface area contributed by atoms with E-state index in [0.717, 1.165) is 22.4 Å². The van der Waals surface area contributed by atoms with Gasteiger partial charge in [-0.25, -0.2) is 9.69 Å². The monoisotopic (exact) mass is 313 g/mol. The summed E-state index contributed by atoms with van der Waals surface area (Å²) in [5.74, 6) is -0.276. The number of benzene rings is 1. The Morgan fingerprint density at radius 3 is 2.65 bits per heavy atom. The van der Waals surface area contributed by atoms with Gasteiger partial charge in [0.15, 0.2) is 0 Å². The lowest BCUT2D eigenvalue weighted by atomic mass is 9.98. The Balaban J connectivity index is 1.68. The van der Waals surface area contributed by atoms with E-state index >= 15 is 0 Å². The Morgan fingerprint density at radius 1 is 1.13 bits per heavy atom. The zero-order chi connectivity index (χ0) is 16.0. The van der Waals surface area contributed by atoms with Crippen LogP contribution in [-0.2, 0) is 11.5 Å². The molecule has 0 radical (unpaired) electrons. The number of carbonyl (C=O) groups excluding carboxylic acids is 2. The molecular formula is C15H15N5O3. The number of nitrogens with zero attached hydrogens (tertiary/aromatic N) is 4. The molecule has 4 rings (SSSR count). The Labute approximate surface area is 131 Å². The fourth-order valence-corrected chi connectivity index (χ4v) is 3.37. The highest BCUT2D eigenvalue weighted by Crippen LogP contribution is 2.35. The first-order valence-corrected chi connectivity index (χ1v) is 7.57. The van der Waals surface area contributed by atoms with E-state index in [4.69, 9.17) is 0 Å². The summed E-state index contributed by atoms with van der Waals surface area (Å²) in [6.45, 7) is -0.219. The minimum atomic E-state index is -0.787. The molecule has 1 aliphatic heterocycles. The van der Waals surface area contributed by atoms with Crippen molar-refractivity contribution in [3.8, 4) is 0 Å². The van der Waals surface area contributed by atoms with Gasteiger partial charge in [0.1, 0.15) is 17.7 Å². The molecule has 23 heavy (non-hydrogen) atoms. The molecule has 1 aromatic carbocycles. The van der Waals surface area contributed by atoms with Gasteiger partial charge in [-0.3, -0.25) is 9.59 Å². The Bertz CT molecular complexity index is 869. The lowest BCUT2D eigenvalue weighted by Crippen LogP contribution is -2.44. The summed E-state index contributed by atoms with van der Waals surface area (Å²) in [5, 5.41) is 11.0. The van der Waals surface area contributed by atoms with E-state index in [0.29, 0.717) is 23.7 Å². The summed E-state index contributed by atoms with van der Waals surface area (Å²) >= 11 is 0. The molecular weight excluding hydrogens is 298 g/mol. The fourth-order valence-electron chi connectivity index (χ4n) is 3.37. The minimum Gasteiger partial charge on any atom is -0.323 e. The van der Waals surface area contributed by atoms with E-state index < -0.39 is 11.6 Å². The van der Waals surface area contributed by atoms with Crippen molar-refractivity contribution in [1.29, 1.82) is 0 Å². The van der Waals surface area contributed by atoms with Crippen molar-refractivity contribution in [3.63, 3.8) is 0 Å². The van der Waals surface area contributed by atoms with Gasteiger partial charge >= 0.3 is 6.03 Å². The SMILES string of the molecule is O=C1NC2(CCCC2)C(=O)N1Cn1nnc2ccccc2c1=O. The molecule has 1 saturated carbocycles. The van der Waals surface area contributed by atoms with Crippen LogP contribution in [0.2, 0.25) is 0 Å². The van der Waals surface area contributed by atoms with Crippen LogP contribution in [0.15, 0.2) is 29.1 Å². The van der Waals surface area contributed by atoms with E-state index in [2.05, 4.69) is 15.6 Å². The number of nitrogens with one attached hydrogen (secondary N) is 1. The molecule has 1 aromatic heterocycles. The molecule has 8 heteroatoms. The van der Waals surface area contributed by atoms with Crippen molar-refractivity contribution in [3.05, 3.63) is 34.6 Å². The highest BCUT2D eigenvalue weighted by molar-refractivity contribution is 6.06. The molecule has 0 atom stereocenters. The van der Waals surface area contributed by atoms with Gasteiger partial charge < -0.3 is 5.32 Å². The lowest BCUT2D eigenvalue weighted by molar-refractivity contribution is -0.132. The average Bonchev–Trinajstić information content (AvgIpc) is 3.11. The number of carbonyl (C=O) groups is 2. The maximum absolute atomic E-state index is 12.6. The summed E-state index contributed by atoms with van der Waals surface area (Å²) in [5.41, 5.74) is -0.674. The molecule has 1 N–H and O–H groups in total. The van der Waals surface area contributed by atoms with E-state index in [-0.39, 0.29) is 18.1 Å². The summed E-state index contributed by atoms with van der Waals surface area (Å²) in [6, 6.07) is 6.36. The Kier molecular flexibility index (Phi) is 2.93. The number of rotatable bonds is 2. The van der Waals surface area contributed by atoms with Gasteiger partial charge in [-0.2, -0.15) is 4.68 Å². The molecule has 2 aliphatic rings. The van der Waals surface area contributed by atoms with Crippen molar-refractivity contribution < 1.29 is 9.59 Å². The predicted octanol–water partition coefficient (Wildman–Crippen LogP) is 0.614. The van der Waals surface area contributed by atoms with Crippen LogP contribution in [0.3, 0.4) is 0 Å². The smallest absolute Gasteiger partial charge is 0.323 e. The third-order valence-electron chi connectivity index (χ3n) is 4.61. The van der Waals surface area contributed by atoms with Crippen LogP contribution in [0, 0.1) is 0 Å². The normalized spacial score (nSPS) is 19.7. The van der Waals surface area contributed by atoms with Crippen molar-refractivity contribution >= 4 is 22.8 Å². The number of hydrogen-bond acceptors (Lipinski definition) is 5. The van der Waals surface area contributed by atoms with E-state index in [1.165, 1.54) is 0 Å². The fraction of sp³-hybridized carbons (Fsp3) is 0.400. The molecule has 118 valence electrons. The van der Waals surface area contributed by atoms with E-state index in [9.17, 15) is 14.4 Å². The topological polar surface area (TPSA) is 97.2 Å². The Morgan fingerprint density at radius 2 is 1.87 bits per heavy atom. The first-order chi connectivity index (χ1) is 11.1. The van der Waals surface area contributed by atoms with Crippen molar-refractivity contribution in [2.24, 2.45) is 0 Å². The Hall–Kier alpha value is -2.77. The number of imide groups is 1. The van der Waals surface area contributed by atoms with Crippen LogP contribution < -0.4 is 10.9 Å². The first-order valence-electron chi connectivity index (χ1n) is 7.57. The molecule has 2 fully saturated rings. The zero-order valence-corrected chi connectivity index (χ0v) is 12.4. The first kappa shape index (κ1) is 13.9. The maximum atomic E-state index is 12.6. The van der Waals surface area contributed by atoms with Gasteiger partial charge in [-0.1, -0.05) is 30.2 Å². The standard InChI is InChI=1S/C15H15N5O3/c21-12-10-5-1-2-6-11(10)17-18-20(12)9-19-13(22)15(16-14(19)23)7-3-4-8-15/h1-2,5-6H,3-4,7-9H2,(H,16,23). The van der Waals surface area contributed by atoms with Crippen molar-refractivity contribution in [2.45, 2.75) is 37.9 Å². The van der Waals surface area contributed by atoms with Crippen LogP contribution in [-0.4, -0.2) is 37.4 Å². The molecule has 2 aromatic rings. The van der Waals surface area contributed by atoms with Gasteiger partial charge in [0.2, 0.25) is 0 Å². The predicted molar refractivity (Wildman–Crippen MR) is 80.4 cm³/mol. The van der Waals surface area contributed by atoms with Crippen LogP contribution in [0.1, 0.15) is 25.7 Å². The maximum Gasteiger partial charge on any atom is 0.326 e. The largest absolute Gasteiger partial charge is 0.326 e. The van der Waals surface area contributed by atoms with Gasteiger partial charge in [0.05, 0.1) is 5.39 Å². The second kappa shape index (κ2) is 4.87. The van der Waals surface area contributed by atoms with Crippen molar-refractivity contribution in [2.75, 3.05) is 0 Å². The lowest BCUT2D eigenvalue weighted by Gasteiger charge is -2.20. The molecule has 2 heterocycles. The number of hydrogen-bond donors (Lipinski definition) is 1. The van der Waals surface area contributed by atoms with Gasteiger partial charge in [-0.15, -0.1) is 5.10 Å². The minimum absolute atomic E-state index is 0.219. The highest BCUT2D eigenvalue weighted by atomic mass is 16.2. The molecule has 0 bridgehead atoms. The van der Waals surface area contributed by atoms with Crippen LogP contribution in [0.5, 0.6) is 0 Å². The second-order valence-electron chi connectivity index (χ2n) is 6.01. The van der Waals surface area contributed by atoms with E-state index in [1.54, 1.807) is 24.3 Å². The van der Waals surface area contributed by atoms with E-state index in [1.807, 2.05) is 0 Å². The van der Waals surface area contributed by atoms with Crippen LogP contribution in [0.4, 0.5) is 4.79 Å². The molecule has 3 amide bonds. The molecule has 1 spiro atoms. The van der Waals surface area contributed by atoms with Crippen molar-refractivity contribution in [1.82, 2.24) is 25.2 Å². The number of fused-ring (bicyclic) bond motifs is 1. The van der Waals surface area contributed by atoms with Crippen LogP contribution >= 0.6 is 0 Å². The second-order valence-corrected chi connectivity index (χ2v) is 6.01. The highest BCUT2D eigenvalue weighted by Gasteiger charge is 2.52.